The molecule has 0 spiro atoms. The molecule has 0 heterocycles. The van der Waals surface area contributed by atoms with Gasteiger partial charge in [-0.2, -0.15) is 0 Å². The zero-order valence-electron chi connectivity index (χ0n) is 7.47. The van der Waals surface area contributed by atoms with Gasteiger partial charge in [-0.1, -0.05) is 18.7 Å². The lowest BCUT2D eigenvalue weighted by Gasteiger charge is -2.05. The van der Waals surface area contributed by atoms with Gasteiger partial charge in [0.2, 0.25) is 0 Å². The first-order chi connectivity index (χ1) is 6.66. The van der Waals surface area contributed by atoms with Crippen molar-refractivity contribution in [2.24, 2.45) is 0 Å². The third-order valence-corrected chi connectivity index (χ3v) is 1.60. The maximum absolute atomic E-state index is 10.5. The average molecular weight is 194 g/mol. The Balaban J connectivity index is 3.01. The Bertz CT molecular complexity index is 363. The molecule has 2 N–H and O–H groups in total. The normalized spacial score (nSPS) is 9.43. The molecule has 0 amide bonds. The van der Waals surface area contributed by atoms with Crippen LogP contribution in [-0.2, 0) is 0 Å². The molecule has 0 atom stereocenters. The molecule has 1 rings (SSSR count). The minimum atomic E-state index is -0.546. The topological polar surface area (TPSA) is 78.4 Å². The smallest absolute Gasteiger partial charge is 0.295 e. The molecular weight excluding hydrogens is 184 g/mol. The highest BCUT2D eigenvalue weighted by molar-refractivity contribution is 5.66. The number of nitrogen functional groups attached to an aromatic ring is 1. The van der Waals surface area contributed by atoms with Crippen LogP contribution in [0.2, 0.25) is 0 Å². The molecule has 0 unspecified atom stereocenters. The van der Waals surface area contributed by atoms with Gasteiger partial charge in [0, 0.05) is 6.07 Å². The number of para-hydroxylation sites is 1. The molecule has 1 aromatic rings. The average Bonchev–Trinajstić information content (AvgIpc) is 2.16. The Hall–Kier alpha value is -2.04. The van der Waals surface area contributed by atoms with Crippen LogP contribution in [0, 0.1) is 10.1 Å². The van der Waals surface area contributed by atoms with Crippen LogP contribution in [-0.4, -0.2) is 11.5 Å². The van der Waals surface area contributed by atoms with E-state index in [1.165, 1.54) is 18.2 Å². The van der Waals surface area contributed by atoms with Gasteiger partial charge in [-0.25, -0.2) is 0 Å². The third kappa shape index (κ3) is 2.01. The van der Waals surface area contributed by atoms with Crippen LogP contribution in [0.3, 0.4) is 0 Å². The summed E-state index contributed by atoms with van der Waals surface area (Å²) in [7, 11) is 0. The van der Waals surface area contributed by atoms with E-state index < -0.39 is 4.92 Å². The minimum absolute atomic E-state index is 0.0411. The zero-order chi connectivity index (χ0) is 10.6. The number of nitrogens with zero attached hydrogens (tertiary/aromatic N) is 1. The number of ether oxygens (including phenoxy) is 1. The maximum atomic E-state index is 10.5. The Morgan fingerprint density at radius 1 is 1.64 bits per heavy atom. The summed E-state index contributed by atoms with van der Waals surface area (Å²) in [5, 5.41) is 10.5. The van der Waals surface area contributed by atoms with Gasteiger partial charge >= 0.3 is 0 Å². The Kier molecular flexibility index (Phi) is 3.06. The Morgan fingerprint density at radius 3 is 2.93 bits per heavy atom. The lowest BCUT2D eigenvalue weighted by atomic mass is 10.2. The van der Waals surface area contributed by atoms with Crippen molar-refractivity contribution in [2.45, 2.75) is 0 Å². The van der Waals surface area contributed by atoms with Crippen LogP contribution >= 0.6 is 0 Å². The molecule has 14 heavy (non-hydrogen) atoms. The summed E-state index contributed by atoms with van der Waals surface area (Å²) in [6.45, 7) is 3.73. The van der Waals surface area contributed by atoms with Crippen molar-refractivity contribution in [1.29, 1.82) is 0 Å². The first-order valence-electron chi connectivity index (χ1n) is 3.93. The SMILES string of the molecule is C=CCOc1cccc([N+](=O)[O-])c1N. The summed E-state index contributed by atoms with van der Waals surface area (Å²) >= 11 is 0. The zero-order valence-corrected chi connectivity index (χ0v) is 7.47. The molecule has 1 aromatic carbocycles. The summed E-state index contributed by atoms with van der Waals surface area (Å²) in [5.41, 5.74) is 5.42. The molecule has 0 radical (unpaired) electrons. The molecule has 0 saturated carbocycles. The number of benzene rings is 1. The largest absolute Gasteiger partial charge is 0.487 e. The van der Waals surface area contributed by atoms with Crippen LogP contribution in [0.1, 0.15) is 0 Å². The van der Waals surface area contributed by atoms with Crippen LogP contribution in [0.4, 0.5) is 11.4 Å². The fourth-order valence-electron chi connectivity index (χ4n) is 0.966. The van der Waals surface area contributed by atoms with E-state index in [9.17, 15) is 10.1 Å². The van der Waals surface area contributed by atoms with Gasteiger partial charge in [0.25, 0.3) is 5.69 Å². The standard InChI is InChI=1S/C9H10N2O3/c1-2-6-14-8-5-3-4-7(9(8)10)11(12)13/h2-5H,1,6,10H2. The van der Waals surface area contributed by atoms with Crippen molar-refractivity contribution in [3.8, 4) is 5.75 Å². The molecule has 74 valence electrons. The van der Waals surface area contributed by atoms with Crippen LogP contribution in [0.25, 0.3) is 0 Å². The minimum Gasteiger partial charge on any atom is -0.487 e. The van der Waals surface area contributed by atoms with Gasteiger partial charge in [-0.3, -0.25) is 10.1 Å². The van der Waals surface area contributed by atoms with Crippen molar-refractivity contribution in [1.82, 2.24) is 0 Å². The van der Waals surface area contributed by atoms with E-state index in [-0.39, 0.29) is 18.0 Å². The highest BCUT2D eigenvalue weighted by Crippen LogP contribution is 2.30. The van der Waals surface area contributed by atoms with Gasteiger partial charge in [0.15, 0.2) is 5.69 Å². The highest BCUT2D eigenvalue weighted by Gasteiger charge is 2.14. The molecule has 0 aliphatic carbocycles. The molecule has 0 saturated heterocycles. The second kappa shape index (κ2) is 4.27. The summed E-state index contributed by atoms with van der Waals surface area (Å²) in [5.74, 6) is 0.305. The van der Waals surface area contributed by atoms with Gasteiger partial charge in [0.05, 0.1) is 4.92 Å². The van der Waals surface area contributed by atoms with E-state index in [2.05, 4.69) is 6.58 Å². The predicted octanol–water partition coefficient (Wildman–Crippen LogP) is 1.74. The van der Waals surface area contributed by atoms with E-state index in [1.54, 1.807) is 6.07 Å². The predicted molar refractivity (Wildman–Crippen MR) is 53.2 cm³/mol. The number of anilines is 1. The lowest BCUT2D eigenvalue weighted by Crippen LogP contribution is -2.01. The summed E-state index contributed by atoms with van der Waals surface area (Å²) in [4.78, 5) is 9.95. The highest BCUT2D eigenvalue weighted by atomic mass is 16.6. The van der Waals surface area contributed by atoms with E-state index in [1.807, 2.05) is 0 Å². The number of nitro groups is 1. The van der Waals surface area contributed by atoms with Crippen molar-refractivity contribution in [3.05, 3.63) is 41.0 Å². The lowest BCUT2D eigenvalue weighted by molar-refractivity contribution is -0.384. The second-order valence-electron chi connectivity index (χ2n) is 2.55. The number of hydrogen-bond donors (Lipinski definition) is 1. The monoisotopic (exact) mass is 194 g/mol. The molecule has 0 aliphatic rings. The number of nitrogens with two attached hydrogens (primary N) is 1. The van der Waals surface area contributed by atoms with E-state index in [4.69, 9.17) is 10.5 Å². The van der Waals surface area contributed by atoms with Crippen molar-refractivity contribution in [3.63, 3.8) is 0 Å². The van der Waals surface area contributed by atoms with Gasteiger partial charge in [-0.15, -0.1) is 0 Å². The second-order valence-corrected chi connectivity index (χ2v) is 2.55. The van der Waals surface area contributed by atoms with Gasteiger partial charge in [0.1, 0.15) is 12.4 Å². The van der Waals surface area contributed by atoms with Crippen LogP contribution in [0.15, 0.2) is 30.9 Å². The first-order valence-corrected chi connectivity index (χ1v) is 3.93. The van der Waals surface area contributed by atoms with E-state index in [0.717, 1.165) is 0 Å². The summed E-state index contributed by atoms with van der Waals surface area (Å²) < 4.78 is 5.13. The number of nitro benzene ring substituents is 1. The van der Waals surface area contributed by atoms with E-state index in [0.29, 0.717) is 5.75 Å². The third-order valence-electron chi connectivity index (χ3n) is 1.60. The molecule has 0 aromatic heterocycles. The van der Waals surface area contributed by atoms with E-state index >= 15 is 0 Å². The first kappa shape index (κ1) is 10.0. The van der Waals surface area contributed by atoms with Crippen molar-refractivity contribution in [2.75, 3.05) is 12.3 Å². The molecule has 0 aliphatic heterocycles. The fraction of sp³-hybridized carbons (Fsp3) is 0.111. The summed E-state index contributed by atoms with van der Waals surface area (Å²) in [6, 6.07) is 4.43. The quantitative estimate of drug-likeness (QED) is 0.342. The molecule has 5 nitrogen and oxygen atoms in total. The molecular formula is C9H10N2O3. The Morgan fingerprint density at radius 2 is 2.36 bits per heavy atom. The van der Waals surface area contributed by atoms with Crippen molar-refractivity contribution >= 4 is 11.4 Å². The van der Waals surface area contributed by atoms with Gasteiger partial charge < -0.3 is 10.5 Å². The molecule has 0 fully saturated rings. The van der Waals surface area contributed by atoms with Gasteiger partial charge in [-0.05, 0) is 6.07 Å². The van der Waals surface area contributed by atoms with Crippen LogP contribution in [0.5, 0.6) is 5.75 Å². The maximum Gasteiger partial charge on any atom is 0.295 e. The number of rotatable bonds is 4. The molecule has 5 heteroatoms. The molecule has 0 bridgehead atoms. The van der Waals surface area contributed by atoms with Crippen LogP contribution < -0.4 is 10.5 Å². The van der Waals surface area contributed by atoms with Crippen molar-refractivity contribution < 1.29 is 9.66 Å². The number of hydrogen-bond acceptors (Lipinski definition) is 4. The fourth-order valence-corrected chi connectivity index (χ4v) is 0.966. The Labute approximate surface area is 80.9 Å². The summed E-state index contributed by atoms with van der Waals surface area (Å²) in [6.07, 6.45) is 1.54.